The zero-order valence-electron chi connectivity index (χ0n) is 18.8. The Morgan fingerprint density at radius 1 is 1.09 bits per heavy atom. The highest BCUT2D eigenvalue weighted by Crippen LogP contribution is 2.41. The van der Waals surface area contributed by atoms with Crippen LogP contribution in [0.3, 0.4) is 0 Å². The number of allylic oxidation sites excluding steroid dienone is 2. The first-order chi connectivity index (χ1) is 16.1. The number of carbonyl (C=O) groups is 2. The molecule has 4 heteroatoms. The van der Waals surface area contributed by atoms with Crippen LogP contribution in [0, 0.1) is 6.92 Å². The number of hydrogen-bond acceptors (Lipinski definition) is 4. The van der Waals surface area contributed by atoms with Crippen LogP contribution < -0.4 is 5.32 Å². The maximum Gasteiger partial charge on any atom is 0.193 e. The molecular formula is C29H27NO3. The zero-order chi connectivity index (χ0) is 23.4. The van der Waals surface area contributed by atoms with E-state index in [0.717, 1.165) is 46.2 Å². The number of carbonyl (C=O) groups excluding carboxylic acids is 2. The van der Waals surface area contributed by atoms with E-state index >= 15 is 0 Å². The zero-order valence-corrected chi connectivity index (χ0v) is 18.8. The van der Waals surface area contributed by atoms with E-state index in [4.69, 9.17) is 0 Å². The van der Waals surface area contributed by atoms with E-state index in [9.17, 15) is 14.7 Å². The van der Waals surface area contributed by atoms with Gasteiger partial charge in [0.05, 0.1) is 0 Å². The normalized spacial score (nSPS) is 13.7. The first-order valence-corrected chi connectivity index (χ1v) is 11.1. The van der Waals surface area contributed by atoms with Crippen LogP contribution in [0.15, 0.2) is 79.0 Å². The number of aliphatic hydroxyl groups excluding tert-OH is 1. The van der Waals surface area contributed by atoms with Crippen molar-refractivity contribution in [3.8, 4) is 11.1 Å². The number of rotatable bonds is 7. The third-order valence-corrected chi connectivity index (χ3v) is 6.07. The van der Waals surface area contributed by atoms with Crippen LogP contribution in [-0.2, 0) is 0 Å². The topological polar surface area (TPSA) is 66.4 Å². The van der Waals surface area contributed by atoms with Crippen molar-refractivity contribution < 1.29 is 14.7 Å². The number of dihydropyridines is 1. The van der Waals surface area contributed by atoms with Gasteiger partial charge < -0.3 is 10.4 Å². The van der Waals surface area contributed by atoms with E-state index in [1.165, 1.54) is 0 Å². The molecular weight excluding hydrogens is 410 g/mol. The van der Waals surface area contributed by atoms with Crippen LogP contribution in [0.2, 0.25) is 0 Å². The molecule has 3 aromatic rings. The van der Waals surface area contributed by atoms with Gasteiger partial charge in [-0.2, -0.15) is 0 Å². The van der Waals surface area contributed by atoms with Gasteiger partial charge >= 0.3 is 0 Å². The SMILES string of the molecule is Cc1ccccc1-c1c(C(=O)c2ccccc2)cc(C=O)c([C@H](C)CO)c1C1=CCC=CN1. The van der Waals surface area contributed by atoms with Gasteiger partial charge in [0.15, 0.2) is 5.78 Å². The lowest BCUT2D eigenvalue weighted by molar-refractivity contribution is 0.103. The Bertz CT molecular complexity index is 1260. The van der Waals surface area contributed by atoms with E-state index in [0.29, 0.717) is 16.7 Å². The molecule has 0 amide bonds. The fourth-order valence-electron chi connectivity index (χ4n) is 4.41. The Balaban J connectivity index is 2.15. The highest BCUT2D eigenvalue weighted by Gasteiger charge is 2.28. The van der Waals surface area contributed by atoms with E-state index in [2.05, 4.69) is 11.4 Å². The number of nitrogens with one attached hydrogen (secondary N) is 1. The Kier molecular flexibility index (Phi) is 6.66. The molecule has 0 spiro atoms. The van der Waals surface area contributed by atoms with Crippen LogP contribution in [0.4, 0.5) is 0 Å². The van der Waals surface area contributed by atoms with Crippen molar-refractivity contribution in [1.82, 2.24) is 5.32 Å². The molecule has 3 aromatic carbocycles. The van der Waals surface area contributed by atoms with Gasteiger partial charge in [-0.15, -0.1) is 0 Å². The molecule has 0 fully saturated rings. The molecule has 0 bridgehead atoms. The predicted molar refractivity (Wildman–Crippen MR) is 132 cm³/mol. The number of aldehydes is 1. The number of hydrogen-bond donors (Lipinski definition) is 2. The lowest BCUT2D eigenvalue weighted by atomic mass is 9.79. The van der Waals surface area contributed by atoms with Gasteiger partial charge in [0.1, 0.15) is 6.29 Å². The van der Waals surface area contributed by atoms with Crippen LogP contribution in [0.5, 0.6) is 0 Å². The summed E-state index contributed by atoms with van der Waals surface area (Å²) in [6.07, 6.45) is 7.45. The Labute approximate surface area is 194 Å². The smallest absolute Gasteiger partial charge is 0.193 e. The minimum atomic E-state index is -0.294. The van der Waals surface area contributed by atoms with E-state index in [1.54, 1.807) is 18.2 Å². The van der Waals surface area contributed by atoms with Gasteiger partial charge in [0.2, 0.25) is 0 Å². The molecule has 1 aliphatic rings. The van der Waals surface area contributed by atoms with Gasteiger partial charge in [0, 0.05) is 46.0 Å². The van der Waals surface area contributed by atoms with Crippen molar-refractivity contribution >= 4 is 17.8 Å². The Morgan fingerprint density at radius 2 is 1.82 bits per heavy atom. The Hall–Kier alpha value is -3.76. The molecule has 0 saturated heterocycles. The highest BCUT2D eigenvalue weighted by molar-refractivity contribution is 6.15. The Morgan fingerprint density at radius 3 is 2.45 bits per heavy atom. The molecule has 4 nitrogen and oxygen atoms in total. The van der Waals surface area contributed by atoms with Crippen molar-refractivity contribution in [2.75, 3.05) is 6.61 Å². The summed E-state index contributed by atoms with van der Waals surface area (Å²) in [6, 6.07) is 18.7. The third kappa shape index (κ3) is 4.30. The second-order valence-corrected chi connectivity index (χ2v) is 8.29. The van der Waals surface area contributed by atoms with E-state index in [1.807, 2.05) is 68.6 Å². The summed E-state index contributed by atoms with van der Waals surface area (Å²) < 4.78 is 0. The molecule has 1 atom stereocenters. The second-order valence-electron chi connectivity index (χ2n) is 8.29. The lowest BCUT2D eigenvalue weighted by Crippen LogP contribution is -2.18. The summed E-state index contributed by atoms with van der Waals surface area (Å²) in [4.78, 5) is 26.0. The van der Waals surface area contributed by atoms with E-state index < -0.39 is 0 Å². The molecule has 0 aliphatic carbocycles. The lowest BCUT2D eigenvalue weighted by Gasteiger charge is -2.26. The molecule has 166 valence electrons. The molecule has 1 heterocycles. The van der Waals surface area contributed by atoms with Gasteiger partial charge in [-0.25, -0.2) is 0 Å². The molecule has 0 unspecified atom stereocenters. The summed E-state index contributed by atoms with van der Waals surface area (Å²) in [5.74, 6) is -0.439. The van der Waals surface area contributed by atoms with Gasteiger partial charge in [-0.1, -0.05) is 73.7 Å². The quantitative estimate of drug-likeness (QED) is 0.370. The average Bonchev–Trinajstić information content (AvgIpc) is 2.88. The van der Waals surface area contributed by atoms with Crippen LogP contribution in [-0.4, -0.2) is 23.8 Å². The first-order valence-electron chi connectivity index (χ1n) is 11.1. The third-order valence-electron chi connectivity index (χ3n) is 6.07. The van der Waals surface area contributed by atoms with Crippen LogP contribution in [0.1, 0.15) is 62.2 Å². The fraction of sp³-hybridized carbons (Fsp3) is 0.172. The molecule has 0 aromatic heterocycles. The number of ketones is 1. The maximum atomic E-state index is 13.8. The standard InChI is InChI=1S/C29H27NO3/c1-19-10-6-7-13-23(19)27-24(29(33)21-11-4-3-5-12-21)16-22(18-32)26(20(2)17-31)28(27)25-14-8-9-15-30-25/h3-7,9-16,18,20,30-31H,8,17H2,1-2H3/t20-/m1/s1. The van der Waals surface area contributed by atoms with Crippen molar-refractivity contribution in [3.05, 3.63) is 112 Å². The summed E-state index contributed by atoms with van der Waals surface area (Å²) in [6.45, 7) is 3.79. The summed E-state index contributed by atoms with van der Waals surface area (Å²) >= 11 is 0. The predicted octanol–water partition coefficient (Wildman–Crippen LogP) is 5.65. The molecule has 0 saturated carbocycles. The van der Waals surface area contributed by atoms with Gasteiger partial charge in [0.25, 0.3) is 0 Å². The van der Waals surface area contributed by atoms with Crippen molar-refractivity contribution in [1.29, 1.82) is 0 Å². The van der Waals surface area contributed by atoms with Crippen molar-refractivity contribution in [2.45, 2.75) is 26.2 Å². The van der Waals surface area contributed by atoms with Crippen molar-refractivity contribution in [3.63, 3.8) is 0 Å². The monoisotopic (exact) mass is 437 g/mol. The number of aryl methyl sites for hydroxylation is 1. The molecule has 2 N–H and O–H groups in total. The molecule has 33 heavy (non-hydrogen) atoms. The average molecular weight is 438 g/mol. The maximum absolute atomic E-state index is 13.8. The highest BCUT2D eigenvalue weighted by atomic mass is 16.3. The minimum Gasteiger partial charge on any atom is -0.396 e. The largest absolute Gasteiger partial charge is 0.396 e. The molecule has 1 aliphatic heterocycles. The number of aliphatic hydroxyl groups is 1. The second kappa shape index (κ2) is 9.80. The molecule has 0 radical (unpaired) electrons. The summed E-state index contributed by atoms with van der Waals surface area (Å²) in [5.41, 5.74) is 6.53. The van der Waals surface area contributed by atoms with Crippen LogP contribution >= 0.6 is 0 Å². The summed E-state index contributed by atoms with van der Waals surface area (Å²) in [7, 11) is 0. The fourth-order valence-corrected chi connectivity index (χ4v) is 4.41. The van der Waals surface area contributed by atoms with Crippen LogP contribution in [0.25, 0.3) is 16.8 Å². The van der Waals surface area contributed by atoms with Gasteiger partial charge in [-0.05, 0) is 42.3 Å². The number of benzene rings is 3. The van der Waals surface area contributed by atoms with Gasteiger partial charge in [-0.3, -0.25) is 9.59 Å². The van der Waals surface area contributed by atoms with Crippen molar-refractivity contribution in [2.24, 2.45) is 0 Å². The minimum absolute atomic E-state index is 0.115. The molecule has 4 rings (SSSR count). The van der Waals surface area contributed by atoms with E-state index in [-0.39, 0.29) is 18.3 Å². The first kappa shape index (κ1) is 22.4. The summed E-state index contributed by atoms with van der Waals surface area (Å²) in [5, 5.41) is 13.4.